The average Bonchev–Trinajstić information content (AvgIpc) is 3.32. The minimum atomic E-state index is -0.0129. The number of methoxy groups -OCH3 is 1. The van der Waals surface area contributed by atoms with Gasteiger partial charge in [0.25, 0.3) is 0 Å². The fraction of sp³-hybridized carbons (Fsp3) is 0.467. The Hall–Kier alpha value is -3.28. The second-order valence-electron chi connectivity index (χ2n) is 9.40. The number of benzene rings is 2. The number of unbranched alkanes of at least 4 members (excludes halogenated alkanes) is 3. The lowest BCUT2D eigenvalue weighted by atomic mass is 10.1. The van der Waals surface area contributed by atoms with Crippen molar-refractivity contribution in [1.29, 1.82) is 0 Å². The molecule has 2 aromatic carbocycles. The summed E-state index contributed by atoms with van der Waals surface area (Å²) in [6.45, 7) is 6.03. The van der Waals surface area contributed by atoms with Crippen molar-refractivity contribution in [3.8, 4) is 5.75 Å². The smallest absolute Gasteiger partial charge is 0.242 e. The van der Waals surface area contributed by atoms with Gasteiger partial charge in [-0.05, 0) is 48.6 Å². The highest BCUT2D eigenvalue weighted by Crippen LogP contribution is 2.19. The summed E-state index contributed by atoms with van der Waals surface area (Å²) in [5, 5.41) is 1.18. The average molecular weight is 492 g/mol. The van der Waals surface area contributed by atoms with E-state index >= 15 is 0 Å². The first-order valence-corrected chi connectivity index (χ1v) is 13.3. The van der Waals surface area contributed by atoms with Gasteiger partial charge in [-0.3, -0.25) is 9.59 Å². The molecule has 3 rings (SSSR count). The first-order valence-electron chi connectivity index (χ1n) is 13.3. The first-order chi connectivity index (χ1) is 17.5. The Bertz CT molecular complexity index is 1090. The number of H-pyrrole nitrogens is 1. The normalized spacial score (nSPS) is 11.0. The van der Waals surface area contributed by atoms with Crippen LogP contribution in [0.2, 0.25) is 0 Å². The maximum Gasteiger partial charge on any atom is 0.242 e. The number of para-hydroxylation sites is 1. The van der Waals surface area contributed by atoms with E-state index in [1.807, 2.05) is 54.4 Å². The van der Waals surface area contributed by atoms with E-state index in [9.17, 15) is 9.59 Å². The number of amides is 2. The number of nitrogens with one attached hydrogen (secondary N) is 1. The molecule has 0 bridgehead atoms. The Labute approximate surface area is 215 Å². The largest absolute Gasteiger partial charge is 0.497 e. The van der Waals surface area contributed by atoms with E-state index in [-0.39, 0.29) is 18.4 Å². The molecule has 2 amide bonds. The molecule has 0 saturated carbocycles. The molecule has 0 saturated heterocycles. The molecule has 0 fully saturated rings. The van der Waals surface area contributed by atoms with Gasteiger partial charge in [0.1, 0.15) is 5.75 Å². The molecular weight excluding hydrogens is 450 g/mol. The van der Waals surface area contributed by atoms with Crippen LogP contribution >= 0.6 is 0 Å². The zero-order valence-corrected chi connectivity index (χ0v) is 22.1. The predicted octanol–water partition coefficient (Wildman–Crippen LogP) is 5.96. The summed E-state index contributed by atoms with van der Waals surface area (Å²) in [7, 11) is 1.65. The van der Waals surface area contributed by atoms with Crippen molar-refractivity contribution >= 4 is 22.7 Å². The SMILES string of the molecule is CCCCCCC(=O)N(CCC)CC(=O)N(CCc1c[nH]c2ccccc12)Cc1ccc(OC)cc1. The molecule has 36 heavy (non-hydrogen) atoms. The number of aromatic nitrogens is 1. The van der Waals surface area contributed by atoms with E-state index < -0.39 is 0 Å². The molecule has 1 N–H and O–H groups in total. The summed E-state index contributed by atoms with van der Waals surface area (Å²) in [5.41, 5.74) is 3.33. The van der Waals surface area contributed by atoms with Gasteiger partial charge in [0.2, 0.25) is 11.8 Å². The molecule has 0 aliphatic heterocycles. The number of ether oxygens (including phenoxy) is 1. The zero-order valence-electron chi connectivity index (χ0n) is 22.1. The summed E-state index contributed by atoms with van der Waals surface area (Å²) in [6.07, 6.45) is 8.35. The van der Waals surface area contributed by atoms with E-state index in [0.29, 0.717) is 26.1 Å². The third kappa shape index (κ3) is 7.87. The van der Waals surface area contributed by atoms with Crippen LogP contribution in [-0.2, 0) is 22.6 Å². The van der Waals surface area contributed by atoms with Crippen LogP contribution in [0.25, 0.3) is 10.9 Å². The molecule has 0 radical (unpaired) electrons. The van der Waals surface area contributed by atoms with Crippen LogP contribution in [0.3, 0.4) is 0 Å². The Morgan fingerprint density at radius 1 is 0.861 bits per heavy atom. The second kappa shape index (κ2) is 14.3. The Kier molecular flexibility index (Phi) is 10.9. The van der Waals surface area contributed by atoms with Crippen LogP contribution in [0, 0.1) is 0 Å². The molecule has 0 aliphatic carbocycles. The summed E-state index contributed by atoms with van der Waals surface area (Å²) in [5.74, 6) is 0.863. The van der Waals surface area contributed by atoms with Crippen molar-refractivity contribution in [2.24, 2.45) is 0 Å². The standard InChI is InChI=1S/C30H41N3O3/c1-4-6-7-8-13-29(34)32(19-5-2)23-30(35)33(22-24-14-16-26(36-3)17-15-24)20-18-25-21-31-28-12-10-9-11-27(25)28/h9-12,14-17,21,31H,4-8,13,18-20,22-23H2,1-3H3. The molecular formula is C30H41N3O3. The Morgan fingerprint density at radius 3 is 2.36 bits per heavy atom. The minimum Gasteiger partial charge on any atom is -0.497 e. The van der Waals surface area contributed by atoms with Crippen LogP contribution in [0.1, 0.15) is 63.5 Å². The van der Waals surface area contributed by atoms with E-state index in [4.69, 9.17) is 4.74 Å². The maximum absolute atomic E-state index is 13.6. The predicted molar refractivity (Wildman–Crippen MR) is 146 cm³/mol. The number of nitrogens with zero attached hydrogens (tertiary/aromatic N) is 2. The third-order valence-corrected chi connectivity index (χ3v) is 6.63. The van der Waals surface area contributed by atoms with Crippen LogP contribution in [0.5, 0.6) is 5.75 Å². The summed E-state index contributed by atoms with van der Waals surface area (Å²) < 4.78 is 5.28. The Morgan fingerprint density at radius 2 is 1.64 bits per heavy atom. The maximum atomic E-state index is 13.6. The van der Waals surface area contributed by atoms with Crippen LogP contribution in [0.15, 0.2) is 54.7 Å². The van der Waals surface area contributed by atoms with Crippen molar-refractivity contribution < 1.29 is 14.3 Å². The van der Waals surface area contributed by atoms with Crippen molar-refractivity contribution in [2.75, 3.05) is 26.7 Å². The van der Waals surface area contributed by atoms with Crippen LogP contribution in [0.4, 0.5) is 0 Å². The minimum absolute atomic E-state index is 0.0129. The number of carbonyl (C=O) groups is 2. The van der Waals surface area contributed by atoms with Gasteiger partial charge in [-0.25, -0.2) is 0 Å². The first kappa shape index (κ1) is 27.3. The second-order valence-corrected chi connectivity index (χ2v) is 9.40. The number of carbonyl (C=O) groups excluding carboxylic acids is 2. The lowest BCUT2D eigenvalue weighted by molar-refractivity contribution is -0.141. The number of fused-ring (bicyclic) bond motifs is 1. The number of rotatable bonds is 15. The van der Waals surface area contributed by atoms with Crippen molar-refractivity contribution in [1.82, 2.24) is 14.8 Å². The van der Waals surface area contributed by atoms with Gasteiger partial charge < -0.3 is 19.5 Å². The monoisotopic (exact) mass is 491 g/mol. The fourth-order valence-corrected chi connectivity index (χ4v) is 4.52. The third-order valence-electron chi connectivity index (χ3n) is 6.63. The van der Waals surface area contributed by atoms with Crippen LogP contribution < -0.4 is 4.74 Å². The molecule has 0 aliphatic rings. The molecule has 194 valence electrons. The highest BCUT2D eigenvalue weighted by atomic mass is 16.5. The van der Waals surface area contributed by atoms with E-state index in [1.54, 1.807) is 12.0 Å². The van der Waals surface area contributed by atoms with Gasteiger partial charge in [-0.15, -0.1) is 0 Å². The molecule has 0 unspecified atom stereocenters. The highest BCUT2D eigenvalue weighted by Gasteiger charge is 2.21. The van der Waals surface area contributed by atoms with Gasteiger partial charge in [-0.2, -0.15) is 0 Å². The molecule has 3 aromatic rings. The van der Waals surface area contributed by atoms with E-state index in [1.165, 1.54) is 10.9 Å². The quantitative estimate of drug-likeness (QED) is 0.267. The number of hydrogen-bond acceptors (Lipinski definition) is 3. The molecule has 0 spiro atoms. The Balaban J connectivity index is 1.72. The van der Waals surface area contributed by atoms with Crippen LogP contribution in [-0.4, -0.2) is 53.3 Å². The van der Waals surface area contributed by atoms with Crippen molar-refractivity contribution in [2.45, 2.75) is 65.3 Å². The molecule has 6 nitrogen and oxygen atoms in total. The van der Waals surface area contributed by atoms with Gasteiger partial charge >= 0.3 is 0 Å². The topological polar surface area (TPSA) is 65.6 Å². The summed E-state index contributed by atoms with van der Waals surface area (Å²) in [6, 6.07) is 16.0. The summed E-state index contributed by atoms with van der Waals surface area (Å²) in [4.78, 5) is 33.4. The van der Waals surface area contributed by atoms with Gasteiger partial charge in [-0.1, -0.05) is 63.4 Å². The molecule has 6 heteroatoms. The van der Waals surface area contributed by atoms with Gasteiger partial charge in [0.05, 0.1) is 13.7 Å². The lowest BCUT2D eigenvalue weighted by Crippen LogP contribution is -2.43. The molecule has 1 aromatic heterocycles. The van der Waals surface area contributed by atoms with Crippen molar-refractivity contribution in [3.63, 3.8) is 0 Å². The van der Waals surface area contributed by atoms with Gasteiger partial charge in [0, 0.05) is 43.2 Å². The zero-order chi connectivity index (χ0) is 25.8. The number of hydrogen-bond donors (Lipinski definition) is 1. The highest BCUT2D eigenvalue weighted by molar-refractivity contribution is 5.85. The number of aromatic amines is 1. The molecule has 1 heterocycles. The lowest BCUT2D eigenvalue weighted by Gasteiger charge is -2.28. The van der Waals surface area contributed by atoms with Gasteiger partial charge in [0.15, 0.2) is 0 Å². The summed E-state index contributed by atoms with van der Waals surface area (Å²) >= 11 is 0. The van der Waals surface area contributed by atoms with E-state index in [2.05, 4.69) is 24.0 Å². The molecule has 0 atom stereocenters. The van der Waals surface area contributed by atoms with E-state index in [0.717, 1.165) is 55.4 Å². The fourth-order valence-electron chi connectivity index (χ4n) is 4.52. The van der Waals surface area contributed by atoms with Crippen molar-refractivity contribution in [3.05, 3.63) is 65.9 Å².